The molecule has 3 aromatic heterocycles. The van der Waals surface area contributed by atoms with E-state index in [2.05, 4.69) is 25.8 Å². The van der Waals surface area contributed by atoms with E-state index in [1.165, 1.54) is 0 Å². The lowest BCUT2D eigenvalue weighted by molar-refractivity contribution is 0.0998. The molecular formula is C20H25N7O2. The molecule has 0 aliphatic carbocycles. The molecular weight excluding hydrogens is 370 g/mol. The van der Waals surface area contributed by atoms with Crippen molar-refractivity contribution in [1.29, 1.82) is 0 Å². The fraction of sp³-hybridized carbons (Fsp3) is 0.400. The Bertz CT molecular complexity index is 1020. The van der Waals surface area contributed by atoms with Gasteiger partial charge in [-0.1, -0.05) is 0 Å². The average Bonchev–Trinajstić information content (AvgIpc) is 3.36. The van der Waals surface area contributed by atoms with Crippen molar-refractivity contribution in [1.82, 2.24) is 29.9 Å². The number of carbonyl (C=O) groups excluding carboxylic acids is 1. The number of urea groups is 1. The van der Waals surface area contributed by atoms with E-state index in [0.717, 1.165) is 29.1 Å². The fourth-order valence-electron chi connectivity index (χ4n) is 3.62. The number of nitrogens with one attached hydrogen (secondary N) is 2. The van der Waals surface area contributed by atoms with Crippen LogP contribution >= 0.6 is 0 Å². The first-order valence-corrected chi connectivity index (χ1v) is 9.59. The van der Waals surface area contributed by atoms with Crippen LogP contribution in [0.3, 0.4) is 0 Å². The Hall–Kier alpha value is -3.20. The summed E-state index contributed by atoms with van der Waals surface area (Å²) >= 11 is 0. The number of aromatic nitrogens is 5. The molecule has 2 N–H and O–H groups in total. The zero-order valence-electron chi connectivity index (χ0n) is 17.0. The molecule has 4 rings (SSSR count). The molecule has 0 radical (unpaired) electrons. The van der Waals surface area contributed by atoms with Gasteiger partial charge in [-0.05, 0) is 45.4 Å². The smallest absolute Gasteiger partial charge is 0.319 e. The molecule has 1 saturated heterocycles. The van der Waals surface area contributed by atoms with Gasteiger partial charge in [-0.15, -0.1) is 0 Å². The molecule has 0 unspecified atom stereocenters. The van der Waals surface area contributed by atoms with Gasteiger partial charge in [0.1, 0.15) is 6.10 Å². The molecule has 152 valence electrons. The van der Waals surface area contributed by atoms with Crippen molar-refractivity contribution in [2.45, 2.75) is 39.3 Å². The molecule has 1 aliphatic heterocycles. The van der Waals surface area contributed by atoms with Crippen molar-refractivity contribution in [3.8, 4) is 5.82 Å². The zero-order valence-corrected chi connectivity index (χ0v) is 17.0. The minimum atomic E-state index is -0.285. The van der Waals surface area contributed by atoms with Crippen LogP contribution in [0.2, 0.25) is 0 Å². The van der Waals surface area contributed by atoms with Crippen LogP contribution in [0.25, 0.3) is 5.82 Å². The number of hydrogen-bond acceptors (Lipinski definition) is 5. The van der Waals surface area contributed by atoms with Crippen molar-refractivity contribution >= 4 is 11.7 Å². The van der Waals surface area contributed by atoms with Crippen LogP contribution in [0.1, 0.15) is 35.2 Å². The number of hydrogen-bond donors (Lipinski definition) is 2. The van der Waals surface area contributed by atoms with Gasteiger partial charge in [0.2, 0.25) is 0 Å². The molecule has 4 heterocycles. The summed E-state index contributed by atoms with van der Waals surface area (Å²) in [5.74, 6) is 0.706. The standard InChI is InChI=1S/C20H25N7O2/c1-12-9-13(2)27(25-12)18-6-5-15(10-21-18)23-20(28)24-17-7-8-29-19(17)16-11-22-26(4)14(16)3/h5-6,9-11,17,19H,7-8H2,1-4H3,(H2,23,24,28)/t17-,19+/m0/s1. The highest BCUT2D eigenvalue weighted by molar-refractivity contribution is 5.89. The van der Waals surface area contributed by atoms with Crippen molar-refractivity contribution in [3.05, 3.63) is 53.2 Å². The van der Waals surface area contributed by atoms with Crippen LogP contribution in [-0.4, -0.2) is 43.2 Å². The van der Waals surface area contributed by atoms with Crippen LogP contribution in [0.15, 0.2) is 30.6 Å². The molecule has 1 fully saturated rings. The third-order valence-electron chi connectivity index (χ3n) is 5.22. The Morgan fingerprint density at radius 3 is 2.69 bits per heavy atom. The molecule has 0 bridgehead atoms. The maximum absolute atomic E-state index is 12.5. The van der Waals surface area contributed by atoms with E-state index < -0.39 is 0 Å². The second-order valence-electron chi connectivity index (χ2n) is 7.34. The summed E-state index contributed by atoms with van der Waals surface area (Å²) in [7, 11) is 1.89. The lowest BCUT2D eigenvalue weighted by atomic mass is 10.0. The summed E-state index contributed by atoms with van der Waals surface area (Å²) < 4.78 is 9.44. The van der Waals surface area contributed by atoms with Crippen LogP contribution in [0.5, 0.6) is 0 Å². The molecule has 9 nitrogen and oxygen atoms in total. The first-order chi connectivity index (χ1) is 13.9. The van der Waals surface area contributed by atoms with Gasteiger partial charge in [-0.3, -0.25) is 4.68 Å². The van der Waals surface area contributed by atoms with Crippen LogP contribution in [0, 0.1) is 20.8 Å². The monoisotopic (exact) mass is 395 g/mol. The van der Waals surface area contributed by atoms with E-state index in [1.54, 1.807) is 17.1 Å². The van der Waals surface area contributed by atoms with E-state index >= 15 is 0 Å². The molecule has 9 heteroatoms. The second kappa shape index (κ2) is 7.67. The number of ether oxygens (including phenoxy) is 1. The van der Waals surface area contributed by atoms with E-state index in [0.29, 0.717) is 18.1 Å². The van der Waals surface area contributed by atoms with E-state index in [-0.39, 0.29) is 18.2 Å². The number of rotatable bonds is 4. The van der Waals surface area contributed by atoms with Gasteiger partial charge in [0.25, 0.3) is 0 Å². The SMILES string of the molecule is Cc1cc(C)n(-c2ccc(NC(=O)N[C@H]3CCO[C@@H]3c3cnn(C)c3C)cn2)n1. The van der Waals surface area contributed by atoms with E-state index in [1.807, 2.05) is 50.7 Å². The van der Waals surface area contributed by atoms with Gasteiger partial charge < -0.3 is 15.4 Å². The van der Waals surface area contributed by atoms with Crippen molar-refractivity contribution in [2.75, 3.05) is 11.9 Å². The Balaban J connectivity index is 1.40. The maximum Gasteiger partial charge on any atom is 0.319 e. The van der Waals surface area contributed by atoms with Gasteiger partial charge >= 0.3 is 6.03 Å². The van der Waals surface area contributed by atoms with Gasteiger partial charge in [-0.2, -0.15) is 10.2 Å². The lowest BCUT2D eigenvalue weighted by Crippen LogP contribution is -2.39. The molecule has 2 atom stereocenters. The predicted molar refractivity (Wildman–Crippen MR) is 108 cm³/mol. The van der Waals surface area contributed by atoms with E-state index in [9.17, 15) is 4.79 Å². The second-order valence-corrected chi connectivity index (χ2v) is 7.34. The van der Waals surface area contributed by atoms with Gasteiger partial charge in [0.05, 0.1) is 29.8 Å². The first-order valence-electron chi connectivity index (χ1n) is 9.59. The largest absolute Gasteiger partial charge is 0.371 e. The molecule has 1 aliphatic rings. The van der Waals surface area contributed by atoms with Crippen molar-refractivity contribution in [2.24, 2.45) is 7.05 Å². The summed E-state index contributed by atoms with van der Waals surface area (Å²) in [6, 6.07) is 5.24. The number of amides is 2. The number of pyridine rings is 1. The quantitative estimate of drug-likeness (QED) is 0.707. The van der Waals surface area contributed by atoms with Gasteiger partial charge in [-0.25, -0.2) is 14.5 Å². The molecule has 0 spiro atoms. The van der Waals surface area contributed by atoms with Crippen LogP contribution in [0.4, 0.5) is 10.5 Å². The first kappa shape index (κ1) is 19.1. The third-order valence-corrected chi connectivity index (χ3v) is 5.22. The summed E-state index contributed by atoms with van der Waals surface area (Å²) in [5, 5.41) is 14.5. The minimum absolute atomic E-state index is 0.111. The highest BCUT2D eigenvalue weighted by Crippen LogP contribution is 2.31. The van der Waals surface area contributed by atoms with Gasteiger partial charge in [0.15, 0.2) is 5.82 Å². The molecule has 2 amide bonds. The Morgan fingerprint density at radius 2 is 2.07 bits per heavy atom. The van der Waals surface area contributed by atoms with E-state index in [4.69, 9.17) is 4.74 Å². The fourth-order valence-corrected chi connectivity index (χ4v) is 3.62. The zero-order chi connectivity index (χ0) is 20.5. The summed E-state index contributed by atoms with van der Waals surface area (Å²) in [5.41, 5.74) is 4.59. The van der Waals surface area contributed by atoms with Crippen LogP contribution < -0.4 is 10.6 Å². The van der Waals surface area contributed by atoms with Crippen molar-refractivity contribution < 1.29 is 9.53 Å². The number of anilines is 1. The maximum atomic E-state index is 12.5. The van der Waals surface area contributed by atoms with Crippen LogP contribution in [-0.2, 0) is 11.8 Å². The Kier molecular flexibility index (Phi) is 5.06. The highest BCUT2D eigenvalue weighted by Gasteiger charge is 2.33. The lowest BCUT2D eigenvalue weighted by Gasteiger charge is -2.20. The summed E-state index contributed by atoms with van der Waals surface area (Å²) in [4.78, 5) is 16.9. The van der Waals surface area contributed by atoms with Gasteiger partial charge in [0, 0.05) is 30.6 Å². The Labute approximate surface area is 169 Å². The average molecular weight is 395 g/mol. The molecule has 29 heavy (non-hydrogen) atoms. The van der Waals surface area contributed by atoms with Crippen molar-refractivity contribution in [3.63, 3.8) is 0 Å². The number of aryl methyl sites for hydroxylation is 3. The number of nitrogens with zero attached hydrogens (tertiary/aromatic N) is 5. The third kappa shape index (κ3) is 3.86. The Morgan fingerprint density at radius 1 is 1.24 bits per heavy atom. The minimum Gasteiger partial charge on any atom is -0.371 e. The molecule has 0 saturated carbocycles. The summed E-state index contributed by atoms with van der Waals surface area (Å²) in [6.45, 7) is 6.52. The normalized spacial score (nSPS) is 18.8. The topological polar surface area (TPSA) is 98.9 Å². The highest BCUT2D eigenvalue weighted by atomic mass is 16.5. The number of carbonyl (C=O) groups is 1. The molecule has 3 aromatic rings. The predicted octanol–water partition coefficient (Wildman–Crippen LogP) is 2.58. The summed E-state index contributed by atoms with van der Waals surface area (Å²) in [6.07, 6.45) is 3.99. The molecule has 0 aromatic carbocycles.